The summed E-state index contributed by atoms with van der Waals surface area (Å²) < 4.78 is 0. The van der Waals surface area contributed by atoms with Gasteiger partial charge in [-0.05, 0) is 31.2 Å². The van der Waals surface area contributed by atoms with Crippen molar-refractivity contribution in [3.63, 3.8) is 0 Å². The van der Waals surface area contributed by atoms with Crippen LogP contribution in [-0.2, 0) is 11.2 Å². The first-order chi connectivity index (χ1) is 8.20. The number of nitrogens with zero attached hydrogens (tertiary/aromatic N) is 1. The van der Waals surface area contributed by atoms with E-state index in [4.69, 9.17) is 5.73 Å². The minimum atomic E-state index is 0.250. The number of aromatic nitrogens is 1. The Hall–Kier alpha value is -1.38. The van der Waals surface area contributed by atoms with E-state index >= 15 is 0 Å². The van der Waals surface area contributed by atoms with Crippen LogP contribution in [0.25, 0.3) is 0 Å². The van der Waals surface area contributed by atoms with Gasteiger partial charge in [0.15, 0.2) is 0 Å². The predicted octanol–water partition coefficient (Wildman–Crippen LogP) is 2.60. The van der Waals surface area contributed by atoms with Crippen LogP contribution in [0.15, 0.2) is 18.5 Å². The summed E-state index contributed by atoms with van der Waals surface area (Å²) in [7, 11) is 0. The molecule has 1 fully saturated rings. The summed E-state index contributed by atoms with van der Waals surface area (Å²) in [6.07, 6.45) is 8.33. The third kappa shape index (κ3) is 2.84. The van der Waals surface area contributed by atoms with Gasteiger partial charge in [-0.15, -0.1) is 0 Å². The molecule has 2 N–H and O–H groups in total. The van der Waals surface area contributed by atoms with Crippen molar-refractivity contribution in [1.29, 1.82) is 0 Å². The summed E-state index contributed by atoms with van der Waals surface area (Å²) in [6, 6.07) is 1.76. The molecule has 0 amide bonds. The van der Waals surface area contributed by atoms with Gasteiger partial charge in [-0.1, -0.05) is 13.3 Å². The Morgan fingerprint density at radius 1 is 1.53 bits per heavy atom. The fraction of sp³-hybridized carbons (Fsp3) is 0.571. The Morgan fingerprint density at radius 2 is 2.35 bits per heavy atom. The number of carbonyl (C=O) groups excluding carboxylic acids is 1. The van der Waals surface area contributed by atoms with Crippen molar-refractivity contribution in [3.8, 4) is 0 Å². The van der Waals surface area contributed by atoms with Gasteiger partial charge in [-0.2, -0.15) is 0 Å². The van der Waals surface area contributed by atoms with E-state index in [9.17, 15) is 4.79 Å². The van der Waals surface area contributed by atoms with E-state index in [1.807, 2.05) is 0 Å². The molecule has 17 heavy (non-hydrogen) atoms. The zero-order valence-electron chi connectivity index (χ0n) is 10.4. The van der Waals surface area contributed by atoms with Crippen molar-refractivity contribution < 1.29 is 4.79 Å². The molecule has 2 unspecified atom stereocenters. The maximum Gasteiger partial charge on any atom is 0.140 e. The van der Waals surface area contributed by atoms with Crippen molar-refractivity contribution in [2.24, 2.45) is 11.8 Å². The highest BCUT2D eigenvalue weighted by molar-refractivity contribution is 5.84. The molecule has 0 radical (unpaired) electrons. The average Bonchev–Trinajstić information content (AvgIpc) is 2.81. The molecule has 0 aliphatic heterocycles. The molecule has 2 atom stereocenters. The SMILES string of the molecule is CCC1CCC(C(=O)Cc2cnccc2N)C1. The highest BCUT2D eigenvalue weighted by Crippen LogP contribution is 2.34. The molecule has 0 saturated heterocycles. The van der Waals surface area contributed by atoms with E-state index in [1.165, 1.54) is 12.8 Å². The molecule has 1 saturated carbocycles. The highest BCUT2D eigenvalue weighted by Gasteiger charge is 2.28. The molecule has 1 aromatic heterocycles. The van der Waals surface area contributed by atoms with Crippen LogP contribution in [0, 0.1) is 11.8 Å². The van der Waals surface area contributed by atoms with Crippen molar-refractivity contribution >= 4 is 11.5 Å². The predicted molar refractivity (Wildman–Crippen MR) is 68.5 cm³/mol. The topological polar surface area (TPSA) is 56.0 Å². The summed E-state index contributed by atoms with van der Waals surface area (Å²) in [5, 5.41) is 0. The van der Waals surface area contributed by atoms with Gasteiger partial charge in [0.1, 0.15) is 5.78 Å². The fourth-order valence-electron chi connectivity index (χ4n) is 2.66. The van der Waals surface area contributed by atoms with Crippen molar-refractivity contribution in [2.45, 2.75) is 39.0 Å². The lowest BCUT2D eigenvalue weighted by atomic mass is 9.95. The number of nitrogens with two attached hydrogens (primary N) is 1. The number of nitrogen functional groups attached to an aromatic ring is 1. The van der Waals surface area contributed by atoms with Crippen LogP contribution in [0.4, 0.5) is 5.69 Å². The molecule has 0 spiro atoms. The summed E-state index contributed by atoms with van der Waals surface area (Å²) in [5.74, 6) is 1.33. The Labute approximate surface area is 102 Å². The van der Waals surface area contributed by atoms with E-state index in [1.54, 1.807) is 18.5 Å². The maximum atomic E-state index is 12.1. The zero-order chi connectivity index (χ0) is 12.3. The van der Waals surface area contributed by atoms with Crippen LogP contribution in [0.2, 0.25) is 0 Å². The number of ketones is 1. The summed E-state index contributed by atoms with van der Waals surface area (Å²) in [5.41, 5.74) is 7.38. The Bertz CT molecular complexity index is 403. The second-order valence-electron chi connectivity index (χ2n) is 5.00. The van der Waals surface area contributed by atoms with Crippen molar-refractivity contribution in [1.82, 2.24) is 4.98 Å². The molecule has 1 aliphatic rings. The van der Waals surface area contributed by atoms with Crippen LogP contribution in [0.1, 0.15) is 38.2 Å². The molecule has 3 heteroatoms. The second-order valence-corrected chi connectivity index (χ2v) is 5.00. The minimum Gasteiger partial charge on any atom is -0.398 e. The summed E-state index contributed by atoms with van der Waals surface area (Å²) in [6.45, 7) is 2.20. The number of hydrogen-bond donors (Lipinski definition) is 1. The molecule has 1 heterocycles. The van der Waals surface area contributed by atoms with E-state index in [2.05, 4.69) is 11.9 Å². The lowest BCUT2D eigenvalue weighted by Crippen LogP contribution is -2.15. The number of pyridine rings is 1. The zero-order valence-corrected chi connectivity index (χ0v) is 10.4. The highest BCUT2D eigenvalue weighted by atomic mass is 16.1. The first-order valence-corrected chi connectivity index (χ1v) is 6.41. The maximum absolute atomic E-state index is 12.1. The van der Waals surface area contributed by atoms with Crippen molar-refractivity contribution in [2.75, 3.05) is 5.73 Å². The quantitative estimate of drug-likeness (QED) is 0.868. The monoisotopic (exact) mass is 232 g/mol. The van der Waals surface area contributed by atoms with Gasteiger partial charge < -0.3 is 5.73 Å². The van der Waals surface area contributed by atoms with Gasteiger partial charge in [0.05, 0.1) is 0 Å². The standard InChI is InChI=1S/C14H20N2O/c1-2-10-3-4-11(7-10)14(17)8-12-9-16-6-5-13(12)15/h5-6,9-11H,2-4,7-8H2,1H3,(H2,15,16). The molecule has 0 aromatic carbocycles. The number of anilines is 1. The molecule has 2 rings (SSSR count). The number of Topliss-reactive ketones (excluding diaryl/α,β-unsaturated/α-hetero) is 1. The van der Waals surface area contributed by atoms with Crippen LogP contribution in [0.5, 0.6) is 0 Å². The number of rotatable bonds is 4. The van der Waals surface area contributed by atoms with Crippen LogP contribution >= 0.6 is 0 Å². The van der Waals surface area contributed by atoms with E-state index in [0.29, 0.717) is 17.9 Å². The largest absolute Gasteiger partial charge is 0.398 e. The minimum absolute atomic E-state index is 0.250. The Kier molecular flexibility index (Phi) is 3.77. The van der Waals surface area contributed by atoms with E-state index < -0.39 is 0 Å². The molecule has 1 aromatic rings. The second kappa shape index (κ2) is 5.30. The summed E-state index contributed by atoms with van der Waals surface area (Å²) in [4.78, 5) is 16.2. The number of hydrogen-bond acceptors (Lipinski definition) is 3. The first kappa shape index (κ1) is 12.1. The molecule has 1 aliphatic carbocycles. The first-order valence-electron chi connectivity index (χ1n) is 6.41. The van der Waals surface area contributed by atoms with Crippen LogP contribution in [0.3, 0.4) is 0 Å². The Balaban J connectivity index is 1.96. The van der Waals surface area contributed by atoms with Gasteiger partial charge in [0, 0.05) is 36.0 Å². The van der Waals surface area contributed by atoms with Crippen LogP contribution < -0.4 is 5.73 Å². The molecular formula is C14H20N2O. The lowest BCUT2D eigenvalue weighted by Gasteiger charge is -2.10. The number of carbonyl (C=O) groups is 1. The molecule has 92 valence electrons. The molecule has 0 bridgehead atoms. The molecule has 3 nitrogen and oxygen atoms in total. The third-order valence-electron chi connectivity index (χ3n) is 3.88. The normalized spacial score (nSPS) is 23.8. The summed E-state index contributed by atoms with van der Waals surface area (Å²) >= 11 is 0. The van der Waals surface area contributed by atoms with Gasteiger partial charge in [-0.3, -0.25) is 9.78 Å². The van der Waals surface area contributed by atoms with Gasteiger partial charge in [-0.25, -0.2) is 0 Å². The Morgan fingerprint density at radius 3 is 3.00 bits per heavy atom. The van der Waals surface area contributed by atoms with Crippen molar-refractivity contribution in [3.05, 3.63) is 24.0 Å². The van der Waals surface area contributed by atoms with Gasteiger partial charge >= 0.3 is 0 Å². The van der Waals surface area contributed by atoms with Gasteiger partial charge in [0.2, 0.25) is 0 Å². The average molecular weight is 232 g/mol. The van der Waals surface area contributed by atoms with Gasteiger partial charge in [0.25, 0.3) is 0 Å². The fourth-order valence-corrected chi connectivity index (χ4v) is 2.66. The lowest BCUT2D eigenvalue weighted by molar-refractivity contribution is -0.122. The third-order valence-corrected chi connectivity index (χ3v) is 3.88. The van der Waals surface area contributed by atoms with Crippen LogP contribution in [-0.4, -0.2) is 10.8 Å². The van der Waals surface area contributed by atoms with E-state index in [-0.39, 0.29) is 5.92 Å². The van der Waals surface area contributed by atoms with E-state index in [0.717, 1.165) is 24.3 Å². The molecular weight excluding hydrogens is 212 g/mol. The smallest absolute Gasteiger partial charge is 0.140 e.